The van der Waals surface area contributed by atoms with Crippen LogP contribution in [0.4, 0.5) is 5.82 Å². The maximum Gasteiger partial charge on any atom is 0.345 e. The third-order valence-electron chi connectivity index (χ3n) is 3.42. The smallest absolute Gasteiger partial charge is 0.345 e. The summed E-state index contributed by atoms with van der Waals surface area (Å²) >= 11 is 0. The Labute approximate surface area is 129 Å². The van der Waals surface area contributed by atoms with E-state index in [1.54, 1.807) is 12.1 Å². The molecule has 23 heavy (non-hydrogen) atoms. The molecule has 1 aliphatic heterocycles. The van der Waals surface area contributed by atoms with Crippen molar-refractivity contribution in [2.75, 3.05) is 6.54 Å². The molecule has 0 N–H and O–H groups in total. The number of fused-ring (bicyclic) bond motifs is 1. The van der Waals surface area contributed by atoms with Gasteiger partial charge < -0.3 is 10.1 Å². The van der Waals surface area contributed by atoms with E-state index in [9.17, 15) is 24.5 Å². The quantitative estimate of drug-likeness (QED) is 0.455. The van der Waals surface area contributed by atoms with Crippen molar-refractivity contribution in [1.82, 2.24) is 14.7 Å². The average molecular weight is 314 g/mol. The van der Waals surface area contributed by atoms with Gasteiger partial charge in [-0.1, -0.05) is 17.2 Å². The topological polar surface area (TPSA) is 115 Å². The number of rotatable bonds is 5. The number of amides is 2. The molecule has 2 amide bonds. The predicted octanol–water partition coefficient (Wildman–Crippen LogP) is 0.657. The zero-order chi connectivity index (χ0) is 16.6. The average Bonchev–Trinajstić information content (AvgIpc) is 3.07. The molecule has 3 rings (SSSR count). The van der Waals surface area contributed by atoms with Crippen LogP contribution in [0, 0.1) is 10.1 Å². The number of aromatic nitrogens is 2. The normalized spacial score (nSPS) is 13.3. The lowest BCUT2D eigenvalue weighted by Crippen LogP contribution is -2.36. The minimum absolute atomic E-state index is 0.246. The number of nitro groups is 1. The van der Waals surface area contributed by atoms with Gasteiger partial charge in [-0.2, -0.15) is 0 Å². The van der Waals surface area contributed by atoms with Gasteiger partial charge in [0.05, 0.1) is 29.9 Å². The first-order valence-corrected chi connectivity index (χ1v) is 6.62. The molecule has 0 aliphatic carbocycles. The number of imide groups is 1. The Balaban J connectivity index is 1.74. The molecule has 0 saturated heterocycles. The van der Waals surface area contributed by atoms with E-state index in [1.807, 2.05) is 0 Å². The first-order chi connectivity index (χ1) is 11.0. The molecule has 0 unspecified atom stereocenters. The first-order valence-electron chi connectivity index (χ1n) is 6.62. The Hall–Kier alpha value is -3.36. The Kier molecular flexibility index (Phi) is 3.45. The van der Waals surface area contributed by atoms with Crippen LogP contribution in [0.15, 0.2) is 36.5 Å². The Morgan fingerprint density at radius 3 is 2.26 bits per heavy atom. The van der Waals surface area contributed by atoms with Crippen molar-refractivity contribution < 1.29 is 19.3 Å². The largest absolute Gasteiger partial charge is 0.358 e. The van der Waals surface area contributed by atoms with E-state index in [0.29, 0.717) is 0 Å². The van der Waals surface area contributed by atoms with Gasteiger partial charge in [-0.25, -0.2) is 0 Å². The summed E-state index contributed by atoms with van der Waals surface area (Å²) in [4.78, 5) is 47.3. The van der Waals surface area contributed by atoms with Gasteiger partial charge in [0.1, 0.15) is 0 Å². The number of hydrogen-bond donors (Lipinski definition) is 0. The zero-order valence-corrected chi connectivity index (χ0v) is 11.7. The summed E-state index contributed by atoms with van der Waals surface area (Å²) in [5.74, 6) is -1.96. The lowest BCUT2D eigenvalue weighted by molar-refractivity contribution is -0.392. The molecule has 2 aromatic rings. The number of nitrogens with zero attached hydrogens (tertiary/aromatic N) is 4. The van der Waals surface area contributed by atoms with E-state index >= 15 is 0 Å². The van der Waals surface area contributed by atoms with Gasteiger partial charge in [0.2, 0.25) is 0 Å². The molecule has 1 aromatic carbocycles. The number of carbonyl (C=O) groups is 3. The highest BCUT2D eigenvalue weighted by Crippen LogP contribution is 2.22. The van der Waals surface area contributed by atoms with Crippen LogP contribution in [0.3, 0.4) is 0 Å². The van der Waals surface area contributed by atoms with E-state index in [4.69, 9.17) is 0 Å². The van der Waals surface area contributed by atoms with E-state index in [-0.39, 0.29) is 16.9 Å². The van der Waals surface area contributed by atoms with Crippen molar-refractivity contribution in [2.45, 2.75) is 6.54 Å². The first kappa shape index (κ1) is 14.6. The van der Waals surface area contributed by atoms with Gasteiger partial charge in [-0.3, -0.25) is 19.3 Å². The van der Waals surface area contributed by atoms with Crippen molar-refractivity contribution in [3.05, 3.63) is 57.8 Å². The van der Waals surface area contributed by atoms with Gasteiger partial charge in [0.15, 0.2) is 12.3 Å². The van der Waals surface area contributed by atoms with Crippen LogP contribution in [0.1, 0.15) is 20.7 Å². The molecule has 0 spiro atoms. The molecule has 1 aromatic heterocycles. The SMILES string of the molecule is O=C(CN1C(=O)c2ccccc2C1=O)Cn1nccc1[N+](=O)[O-]. The van der Waals surface area contributed by atoms with Crippen LogP contribution in [0.25, 0.3) is 0 Å². The summed E-state index contributed by atoms with van der Waals surface area (Å²) in [6.07, 6.45) is 1.20. The standard InChI is InChI=1S/C14H10N4O5/c19-9(8-17-12(18(22)23)5-6-15-17)7-16-13(20)10-3-1-2-4-11(10)14(16)21/h1-6H,7-8H2. The molecule has 0 bridgehead atoms. The van der Waals surface area contributed by atoms with E-state index < -0.39 is 35.6 Å². The second-order valence-corrected chi connectivity index (χ2v) is 4.88. The molecular formula is C14H10N4O5. The van der Waals surface area contributed by atoms with Crippen LogP contribution in [0.2, 0.25) is 0 Å². The molecule has 9 nitrogen and oxygen atoms in total. The second-order valence-electron chi connectivity index (χ2n) is 4.88. The number of hydrogen-bond acceptors (Lipinski definition) is 6. The van der Waals surface area contributed by atoms with Gasteiger partial charge in [-0.15, -0.1) is 4.68 Å². The second kappa shape index (κ2) is 5.44. The minimum atomic E-state index is -0.664. The van der Waals surface area contributed by atoms with Crippen LogP contribution < -0.4 is 0 Å². The van der Waals surface area contributed by atoms with Crippen molar-refractivity contribution in [1.29, 1.82) is 0 Å². The van der Waals surface area contributed by atoms with Crippen molar-refractivity contribution in [3.63, 3.8) is 0 Å². The highest BCUT2D eigenvalue weighted by Gasteiger charge is 2.36. The predicted molar refractivity (Wildman–Crippen MR) is 75.7 cm³/mol. The molecular weight excluding hydrogens is 304 g/mol. The number of Topliss-reactive ketones (excluding diaryl/α,β-unsaturated/α-hetero) is 1. The van der Waals surface area contributed by atoms with Crippen LogP contribution in [-0.4, -0.2) is 43.7 Å². The summed E-state index contributed by atoms with van der Waals surface area (Å²) in [5.41, 5.74) is 0.491. The van der Waals surface area contributed by atoms with Crippen molar-refractivity contribution in [3.8, 4) is 0 Å². The third-order valence-corrected chi connectivity index (χ3v) is 3.42. The minimum Gasteiger partial charge on any atom is -0.358 e. The fourth-order valence-electron chi connectivity index (χ4n) is 2.38. The number of carbonyl (C=O) groups excluding carboxylic acids is 3. The lowest BCUT2D eigenvalue weighted by atomic mass is 10.1. The third kappa shape index (κ3) is 2.48. The highest BCUT2D eigenvalue weighted by molar-refractivity contribution is 6.22. The molecule has 116 valence electrons. The van der Waals surface area contributed by atoms with Gasteiger partial charge in [-0.05, 0) is 17.1 Å². The molecule has 1 aliphatic rings. The molecule has 2 heterocycles. The fourth-order valence-corrected chi connectivity index (χ4v) is 2.38. The maximum atomic E-state index is 12.1. The van der Waals surface area contributed by atoms with Crippen LogP contribution in [-0.2, 0) is 11.3 Å². The van der Waals surface area contributed by atoms with Gasteiger partial charge >= 0.3 is 5.82 Å². The summed E-state index contributed by atoms with van der Waals surface area (Å²) < 4.78 is 0.917. The molecule has 9 heteroatoms. The summed E-state index contributed by atoms with van der Waals surface area (Å²) in [6, 6.07) is 7.44. The Morgan fingerprint density at radius 1 is 1.09 bits per heavy atom. The molecule has 0 atom stereocenters. The van der Waals surface area contributed by atoms with Crippen molar-refractivity contribution >= 4 is 23.4 Å². The van der Waals surface area contributed by atoms with E-state index in [0.717, 1.165) is 15.6 Å². The van der Waals surface area contributed by atoms with Gasteiger partial charge in [0.25, 0.3) is 11.8 Å². The zero-order valence-electron chi connectivity index (χ0n) is 11.7. The number of ketones is 1. The summed E-state index contributed by atoms with van der Waals surface area (Å²) in [7, 11) is 0. The van der Waals surface area contributed by atoms with E-state index in [2.05, 4.69) is 5.10 Å². The fraction of sp³-hybridized carbons (Fsp3) is 0.143. The number of benzene rings is 1. The van der Waals surface area contributed by atoms with Crippen LogP contribution >= 0.6 is 0 Å². The molecule has 0 radical (unpaired) electrons. The Bertz CT molecular complexity index is 806. The monoisotopic (exact) mass is 314 g/mol. The summed E-state index contributed by atoms with van der Waals surface area (Å²) in [6.45, 7) is -0.847. The van der Waals surface area contributed by atoms with Crippen molar-refractivity contribution in [2.24, 2.45) is 0 Å². The molecule has 0 fully saturated rings. The Morgan fingerprint density at radius 2 is 1.70 bits per heavy atom. The maximum absolute atomic E-state index is 12.1. The van der Waals surface area contributed by atoms with Gasteiger partial charge in [0, 0.05) is 0 Å². The lowest BCUT2D eigenvalue weighted by Gasteiger charge is -2.11. The van der Waals surface area contributed by atoms with Crippen LogP contribution in [0.5, 0.6) is 0 Å². The molecule has 0 saturated carbocycles. The highest BCUT2D eigenvalue weighted by atomic mass is 16.6. The summed E-state index contributed by atoms with van der Waals surface area (Å²) in [5, 5.41) is 14.5. The van der Waals surface area contributed by atoms with E-state index in [1.165, 1.54) is 18.3 Å².